The third-order valence-electron chi connectivity index (χ3n) is 3.32. The van der Waals surface area contributed by atoms with Gasteiger partial charge in [0.05, 0.1) is 5.56 Å². The number of carbonyl (C=O) groups is 2. The number of amides is 2. The van der Waals surface area contributed by atoms with Crippen LogP contribution >= 0.6 is 0 Å². The smallest absolute Gasteiger partial charge is 0.267 e. The Morgan fingerprint density at radius 3 is 2.45 bits per heavy atom. The van der Waals surface area contributed by atoms with Gasteiger partial charge in [-0.3, -0.25) is 14.6 Å². The Kier molecular flexibility index (Phi) is 3.53. The van der Waals surface area contributed by atoms with E-state index in [2.05, 4.69) is 10.3 Å². The average Bonchev–Trinajstić information content (AvgIpc) is 2.55. The Bertz CT molecular complexity index is 852. The van der Waals surface area contributed by atoms with Crippen molar-refractivity contribution < 1.29 is 9.59 Å². The summed E-state index contributed by atoms with van der Waals surface area (Å²) >= 11 is 0. The maximum Gasteiger partial charge on any atom is 0.267 e. The summed E-state index contributed by atoms with van der Waals surface area (Å²) in [6.07, 6.45) is 1.33. The van der Waals surface area contributed by atoms with E-state index in [0.29, 0.717) is 5.56 Å². The highest BCUT2D eigenvalue weighted by atomic mass is 16.2. The molecule has 2 aromatic carbocycles. The second-order valence-corrected chi connectivity index (χ2v) is 4.78. The monoisotopic (exact) mass is 291 g/mol. The van der Waals surface area contributed by atoms with Gasteiger partial charge in [-0.1, -0.05) is 36.4 Å². The number of fused-ring (bicyclic) bond motifs is 1. The van der Waals surface area contributed by atoms with E-state index in [0.717, 1.165) is 16.5 Å². The Hall–Kier alpha value is -3.21. The number of primary amides is 1. The lowest BCUT2D eigenvalue weighted by atomic mass is 10.1. The molecule has 0 saturated carbocycles. The normalized spacial score (nSPS) is 10.4. The zero-order valence-corrected chi connectivity index (χ0v) is 11.6. The summed E-state index contributed by atoms with van der Waals surface area (Å²) in [6.45, 7) is 0. The summed E-state index contributed by atoms with van der Waals surface area (Å²) < 4.78 is 0. The molecule has 0 aliphatic rings. The molecule has 3 rings (SSSR count). The molecule has 0 radical (unpaired) electrons. The van der Waals surface area contributed by atoms with Crippen molar-refractivity contribution in [2.45, 2.75) is 0 Å². The first-order valence-electron chi connectivity index (χ1n) is 6.70. The molecule has 0 aliphatic carbocycles. The zero-order valence-electron chi connectivity index (χ0n) is 11.6. The zero-order chi connectivity index (χ0) is 15.5. The number of nitrogens with two attached hydrogens (primary N) is 1. The van der Waals surface area contributed by atoms with Gasteiger partial charge in [-0.25, -0.2) is 0 Å². The predicted octanol–water partition coefficient (Wildman–Crippen LogP) is 2.59. The van der Waals surface area contributed by atoms with Crippen molar-refractivity contribution in [3.8, 4) is 0 Å². The maximum absolute atomic E-state index is 12.3. The molecule has 5 heteroatoms. The fraction of sp³-hybridized carbons (Fsp3) is 0. The number of hydrogen-bond acceptors (Lipinski definition) is 3. The van der Waals surface area contributed by atoms with Crippen LogP contribution in [-0.2, 0) is 0 Å². The highest BCUT2D eigenvalue weighted by Gasteiger charge is 2.10. The van der Waals surface area contributed by atoms with E-state index in [9.17, 15) is 9.59 Å². The van der Waals surface area contributed by atoms with Crippen molar-refractivity contribution in [1.82, 2.24) is 4.98 Å². The number of nitrogens with zero attached hydrogens (tertiary/aromatic N) is 1. The Morgan fingerprint density at radius 2 is 1.73 bits per heavy atom. The minimum atomic E-state index is -0.624. The molecular formula is C17H13N3O2. The van der Waals surface area contributed by atoms with Crippen LogP contribution in [0.1, 0.15) is 20.8 Å². The van der Waals surface area contributed by atoms with Gasteiger partial charge in [-0.05, 0) is 23.6 Å². The standard InChI is InChI=1S/C17H13N3O2/c18-16(21)15-9-8-12(10-19-15)17(22)20-14-7-3-5-11-4-1-2-6-13(11)14/h1-10H,(H2,18,21)(H,20,22). The molecule has 0 bridgehead atoms. The number of aromatic nitrogens is 1. The van der Waals surface area contributed by atoms with Crippen molar-refractivity contribution >= 4 is 28.3 Å². The largest absolute Gasteiger partial charge is 0.364 e. The third-order valence-corrected chi connectivity index (χ3v) is 3.32. The molecular weight excluding hydrogens is 278 g/mol. The SMILES string of the molecule is NC(=O)c1ccc(C(=O)Nc2cccc3ccccc23)cn1. The van der Waals surface area contributed by atoms with Gasteiger partial charge in [-0.2, -0.15) is 0 Å². The molecule has 2 amide bonds. The van der Waals surface area contributed by atoms with Gasteiger partial charge >= 0.3 is 0 Å². The van der Waals surface area contributed by atoms with Crippen LogP contribution in [0.25, 0.3) is 10.8 Å². The summed E-state index contributed by atoms with van der Waals surface area (Å²) in [5.74, 6) is -0.916. The van der Waals surface area contributed by atoms with Gasteiger partial charge in [0.2, 0.25) is 0 Å². The van der Waals surface area contributed by atoms with Gasteiger partial charge in [0, 0.05) is 17.3 Å². The van der Waals surface area contributed by atoms with E-state index < -0.39 is 5.91 Å². The highest BCUT2D eigenvalue weighted by Crippen LogP contribution is 2.23. The van der Waals surface area contributed by atoms with E-state index in [1.807, 2.05) is 42.5 Å². The maximum atomic E-state index is 12.3. The van der Waals surface area contributed by atoms with Crippen LogP contribution in [0.15, 0.2) is 60.8 Å². The number of nitrogens with one attached hydrogen (secondary N) is 1. The number of carbonyl (C=O) groups excluding carboxylic acids is 2. The van der Waals surface area contributed by atoms with Crippen molar-refractivity contribution in [3.05, 3.63) is 72.1 Å². The van der Waals surface area contributed by atoms with Crippen LogP contribution < -0.4 is 11.1 Å². The van der Waals surface area contributed by atoms with E-state index in [-0.39, 0.29) is 11.6 Å². The number of anilines is 1. The summed E-state index contributed by atoms with van der Waals surface area (Å²) in [5, 5.41) is 4.86. The first-order chi connectivity index (χ1) is 10.6. The quantitative estimate of drug-likeness (QED) is 0.777. The average molecular weight is 291 g/mol. The Morgan fingerprint density at radius 1 is 0.955 bits per heavy atom. The fourth-order valence-corrected chi connectivity index (χ4v) is 2.20. The molecule has 108 valence electrons. The lowest BCUT2D eigenvalue weighted by Crippen LogP contribution is -2.16. The molecule has 0 spiro atoms. The molecule has 0 unspecified atom stereocenters. The molecule has 1 aromatic heterocycles. The topological polar surface area (TPSA) is 85.1 Å². The van der Waals surface area contributed by atoms with Gasteiger partial charge in [0.15, 0.2) is 0 Å². The van der Waals surface area contributed by atoms with Crippen molar-refractivity contribution in [2.75, 3.05) is 5.32 Å². The summed E-state index contributed by atoms with van der Waals surface area (Å²) in [7, 11) is 0. The Labute approximate surface area is 126 Å². The molecule has 3 aromatic rings. The number of hydrogen-bond donors (Lipinski definition) is 2. The van der Waals surface area contributed by atoms with E-state index in [1.54, 1.807) is 0 Å². The van der Waals surface area contributed by atoms with Crippen LogP contribution in [0, 0.1) is 0 Å². The number of pyridine rings is 1. The van der Waals surface area contributed by atoms with Gasteiger partial charge in [-0.15, -0.1) is 0 Å². The van der Waals surface area contributed by atoms with Crippen LogP contribution in [0.3, 0.4) is 0 Å². The van der Waals surface area contributed by atoms with Gasteiger partial charge in [0.1, 0.15) is 5.69 Å². The predicted molar refractivity (Wildman–Crippen MR) is 84.7 cm³/mol. The van der Waals surface area contributed by atoms with Crippen LogP contribution in [0.2, 0.25) is 0 Å². The fourth-order valence-electron chi connectivity index (χ4n) is 2.20. The number of benzene rings is 2. The van der Waals surface area contributed by atoms with Crippen molar-refractivity contribution in [2.24, 2.45) is 5.73 Å². The van der Waals surface area contributed by atoms with Gasteiger partial charge < -0.3 is 11.1 Å². The lowest BCUT2D eigenvalue weighted by Gasteiger charge is -2.08. The van der Waals surface area contributed by atoms with E-state index in [4.69, 9.17) is 5.73 Å². The molecule has 22 heavy (non-hydrogen) atoms. The van der Waals surface area contributed by atoms with Crippen molar-refractivity contribution in [1.29, 1.82) is 0 Å². The Balaban J connectivity index is 1.88. The first kappa shape index (κ1) is 13.8. The summed E-state index contributed by atoms with van der Waals surface area (Å²) in [5.41, 5.74) is 6.33. The molecule has 0 fully saturated rings. The molecule has 0 saturated heterocycles. The van der Waals surface area contributed by atoms with Crippen molar-refractivity contribution in [3.63, 3.8) is 0 Å². The molecule has 0 atom stereocenters. The van der Waals surface area contributed by atoms with Crippen LogP contribution in [0.5, 0.6) is 0 Å². The second kappa shape index (κ2) is 5.65. The van der Waals surface area contributed by atoms with Gasteiger partial charge in [0.25, 0.3) is 11.8 Å². The summed E-state index contributed by atoms with van der Waals surface area (Å²) in [4.78, 5) is 27.1. The van der Waals surface area contributed by atoms with Crippen LogP contribution in [-0.4, -0.2) is 16.8 Å². The van der Waals surface area contributed by atoms with E-state index >= 15 is 0 Å². The molecule has 0 aliphatic heterocycles. The molecule has 1 heterocycles. The highest BCUT2D eigenvalue weighted by molar-refractivity contribution is 6.09. The lowest BCUT2D eigenvalue weighted by molar-refractivity contribution is 0.0990. The third kappa shape index (κ3) is 2.64. The molecule has 3 N–H and O–H groups in total. The number of rotatable bonds is 3. The second-order valence-electron chi connectivity index (χ2n) is 4.78. The van der Waals surface area contributed by atoms with Crippen LogP contribution in [0.4, 0.5) is 5.69 Å². The first-order valence-corrected chi connectivity index (χ1v) is 6.70. The molecule has 5 nitrogen and oxygen atoms in total. The minimum absolute atomic E-state index is 0.127. The minimum Gasteiger partial charge on any atom is -0.364 e. The van der Waals surface area contributed by atoms with E-state index in [1.165, 1.54) is 18.3 Å². The summed E-state index contributed by atoms with van der Waals surface area (Å²) in [6, 6.07) is 16.4.